The lowest BCUT2D eigenvalue weighted by molar-refractivity contribution is -0.135. The van der Waals surface area contributed by atoms with Gasteiger partial charge in [-0.3, -0.25) is 19.7 Å². The van der Waals surface area contributed by atoms with Gasteiger partial charge in [0.25, 0.3) is 0 Å². The number of aliphatic hydroxyl groups excluding tert-OH is 1. The molecule has 0 bridgehead atoms. The highest BCUT2D eigenvalue weighted by atomic mass is 16.3. The van der Waals surface area contributed by atoms with E-state index in [1.54, 1.807) is 16.8 Å². The van der Waals surface area contributed by atoms with Crippen LogP contribution in [0.2, 0.25) is 0 Å². The summed E-state index contributed by atoms with van der Waals surface area (Å²) in [5.41, 5.74) is 7.37. The summed E-state index contributed by atoms with van der Waals surface area (Å²) in [7, 11) is 1.79. The van der Waals surface area contributed by atoms with E-state index in [1.807, 2.05) is 29.4 Å². The SMILES string of the molecule is CN1Cc2cnc3ccc(-c4ccc5c(c4)C=NC5)nc3c2N(C2CCN(C(=O)CO)CC2)C1=O. The Morgan fingerprint density at radius 2 is 1.97 bits per heavy atom. The van der Waals surface area contributed by atoms with Crippen molar-refractivity contribution in [1.82, 2.24) is 19.8 Å². The second kappa shape index (κ2) is 8.42. The van der Waals surface area contributed by atoms with E-state index in [0.29, 0.717) is 44.5 Å². The molecule has 1 fully saturated rings. The fraction of sp³-hybridized carbons (Fsp3) is 0.346. The number of hydrogen-bond acceptors (Lipinski definition) is 6. The highest BCUT2D eigenvalue weighted by Gasteiger charge is 2.37. The van der Waals surface area contributed by atoms with Gasteiger partial charge in [-0.25, -0.2) is 9.78 Å². The van der Waals surface area contributed by atoms with Crippen LogP contribution in [0.1, 0.15) is 29.5 Å². The number of aliphatic imine (C=N–C) groups is 1. The molecule has 5 heterocycles. The second-order valence-corrected chi connectivity index (χ2v) is 9.36. The maximum atomic E-state index is 13.5. The van der Waals surface area contributed by atoms with Crippen molar-refractivity contribution in [3.63, 3.8) is 0 Å². The second-order valence-electron chi connectivity index (χ2n) is 9.36. The molecule has 178 valence electrons. The van der Waals surface area contributed by atoms with Gasteiger partial charge in [0.1, 0.15) is 12.1 Å². The Kier molecular flexibility index (Phi) is 5.21. The molecule has 3 aliphatic heterocycles. The number of benzene rings is 1. The molecule has 3 aromatic rings. The zero-order valence-electron chi connectivity index (χ0n) is 19.5. The molecular formula is C26H26N6O3. The highest BCUT2D eigenvalue weighted by molar-refractivity contribution is 6.04. The number of urea groups is 1. The van der Waals surface area contributed by atoms with E-state index in [0.717, 1.165) is 33.6 Å². The Hall–Kier alpha value is -3.85. The van der Waals surface area contributed by atoms with E-state index in [9.17, 15) is 14.7 Å². The van der Waals surface area contributed by atoms with Crippen LogP contribution in [0.15, 0.2) is 41.5 Å². The van der Waals surface area contributed by atoms with Crippen molar-refractivity contribution in [2.24, 2.45) is 4.99 Å². The Labute approximate surface area is 202 Å². The fourth-order valence-electron chi connectivity index (χ4n) is 5.31. The van der Waals surface area contributed by atoms with E-state index >= 15 is 0 Å². The number of aliphatic hydroxyl groups is 1. The van der Waals surface area contributed by atoms with Gasteiger partial charge in [0.15, 0.2) is 0 Å². The number of carbonyl (C=O) groups is 2. The third-order valence-corrected chi connectivity index (χ3v) is 7.19. The molecule has 0 aliphatic carbocycles. The standard InChI is InChI=1S/C26H26N6O3/c1-30-14-19-13-28-22-5-4-21(16-2-3-17-11-27-12-18(17)10-16)29-24(22)25(19)32(26(30)35)20-6-8-31(9-7-20)23(34)15-33/h2-5,10,12-13,20,33H,6-9,11,14-15H2,1H3. The van der Waals surface area contributed by atoms with Crippen molar-refractivity contribution in [2.45, 2.75) is 32.0 Å². The number of hydrogen-bond donors (Lipinski definition) is 1. The average molecular weight is 471 g/mol. The van der Waals surface area contributed by atoms with Gasteiger partial charge in [-0.1, -0.05) is 12.1 Å². The van der Waals surface area contributed by atoms with Gasteiger partial charge in [-0.05, 0) is 42.2 Å². The van der Waals surface area contributed by atoms with Crippen LogP contribution in [0.3, 0.4) is 0 Å². The molecule has 3 amide bonds. The lowest BCUT2D eigenvalue weighted by atomic mass is 9.99. The van der Waals surface area contributed by atoms with Crippen LogP contribution in [0.25, 0.3) is 22.3 Å². The number of pyridine rings is 2. The van der Waals surface area contributed by atoms with Gasteiger partial charge in [-0.15, -0.1) is 0 Å². The predicted molar refractivity (Wildman–Crippen MR) is 132 cm³/mol. The largest absolute Gasteiger partial charge is 0.387 e. The minimum Gasteiger partial charge on any atom is -0.387 e. The van der Waals surface area contributed by atoms with Crippen LogP contribution in [0.4, 0.5) is 10.5 Å². The van der Waals surface area contributed by atoms with E-state index in [1.165, 1.54) is 5.56 Å². The smallest absolute Gasteiger partial charge is 0.324 e. The van der Waals surface area contributed by atoms with Crippen LogP contribution in [-0.2, 0) is 17.9 Å². The molecule has 9 heteroatoms. The van der Waals surface area contributed by atoms with Crippen LogP contribution in [0.5, 0.6) is 0 Å². The molecule has 1 saturated heterocycles. The van der Waals surface area contributed by atoms with Gasteiger partial charge in [0, 0.05) is 49.7 Å². The summed E-state index contributed by atoms with van der Waals surface area (Å²) in [5.74, 6) is -0.272. The summed E-state index contributed by atoms with van der Waals surface area (Å²) in [6.45, 7) is 1.70. The third kappa shape index (κ3) is 3.63. The number of nitrogens with zero attached hydrogens (tertiary/aromatic N) is 6. The molecule has 0 saturated carbocycles. The van der Waals surface area contributed by atoms with Crippen LogP contribution in [-0.4, -0.2) is 75.8 Å². The number of anilines is 1. The van der Waals surface area contributed by atoms with Crippen molar-refractivity contribution >= 4 is 34.9 Å². The van der Waals surface area contributed by atoms with Gasteiger partial charge in [0.2, 0.25) is 5.91 Å². The van der Waals surface area contributed by atoms with Crippen LogP contribution < -0.4 is 4.90 Å². The Morgan fingerprint density at radius 1 is 1.14 bits per heavy atom. The molecular weight excluding hydrogens is 444 g/mol. The molecule has 1 aromatic carbocycles. The zero-order valence-corrected chi connectivity index (χ0v) is 19.5. The minimum atomic E-state index is -0.490. The van der Waals surface area contributed by atoms with Gasteiger partial charge < -0.3 is 14.9 Å². The molecule has 0 atom stereocenters. The summed E-state index contributed by atoms with van der Waals surface area (Å²) < 4.78 is 0. The van der Waals surface area contributed by atoms with Crippen molar-refractivity contribution in [3.8, 4) is 11.3 Å². The monoisotopic (exact) mass is 470 g/mol. The molecule has 0 radical (unpaired) electrons. The summed E-state index contributed by atoms with van der Waals surface area (Å²) >= 11 is 0. The maximum Gasteiger partial charge on any atom is 0.324 e. The molecule has 6 rings (SSSR count). The third-order valence-electron chi connectivity index (χ3n) is 7.19. The first kappa shape index (κ1) is 21.7. The Morgan fingerprint density at radius 3 is 2.77 bits per heavy atom. The number of piperidine rings is 1. The summed E-state index contributed by atoms with van der Waals surface area (Å²) in [4.78, 5) is 44.6. The average Bonchev–Trinajstić information content (AvgIpc) is 3.37. The molecule has 9 nitrogen and oxygen atoms in total. The van der Waals surface area contributed by atoms with Crippen molar-refractivity contribution in [3.05, 3.63) is 53.2 Å². The summed E-state index contributed by atoms with van der Waals surface area (Å²) in [5, 5.41) is 9.21. The van der Waals surface area contributed by atoms with E-state index in [4.69, 9.17) is 4.98 Å². The van der Waals surface area contributed by atoms with Crippen molar-refractivity contribution in [2.75, 3.05) is 31.6 Å². The summed E-state index contributed by atoms with van der Waals surface area (Å²) in [6, 6.07) is 10.0. The number of amides is 3. The van der Waals surface area contributed by atoms with E-state index in [-0.39, 0.29) is 18.0 Å². The first-order chi connectivity index (χ1) is 17.0. The van der Waals surface area contributed by atoms with Gasteiger partial charge in [0.05, 0.1) is 30.0 Å². The molecule has 0 spiro atoms. The number of rotatable bonds is 3. The first-order valence-electron chi connectivity index (χ1n) is 11.9. The topological polar surface area (TPSA) is 102 Å². The Balaban J connectivity index is 1.43. The Bertz CT molecular complexity index is 1380. The van der Waals surface area contributed by atoms with Crippen LogP contribution >= 0.6 is 0 Å². The maximum absolute atomic E-state index is 13.5. The zero-order chi connectivity index (χ0) is 24.1. The quantitative estimate of drug-likeness (QED) is 0.634. The summed E-state index contributed by atoms with van der Waals surface area (Å²) in [6.07, 6.45) is 5.01. The van der Waals surface area contributed by atoms with Crippen LogP contribution in [0, 0.1) is 0 Å². The number of fused-ring (bicyclic) bond motifs is 4. The molecule has 3 aliphatic rings. The molecule has 35 heavy (non-hydrogen) atoms. The highest BCUT2D eigenvalue weighted by Crippen LogP contribution is 2.38. The molecule has 1 N–H and O–H groups in total. The normalized spacial score (nSPS) is 17.8. The van der Waals surface area contributed by atoms with E-state index in [2.05, 4.69) is 28.2 Å². The number of aromatic nitrogens is 2. The molecule has 2 aromatic heterocycles. The van der Waals surface area contributed by atoms with Crippen molar-refractivity contribution < 1.29 is 14.7 Å². The number of likely N-dealkylation sites (tertiary alicyclic amines) is 1. The fourth-order valence-corrected chi connectivity index (χ4v) is 5.31. The van der Waals surface area contributed by atoms with Gasteiger partial charge in [-0.2, -0.15) is 0 Å². The predicted octanol–water partition coefficient (Wildman–Crippen LogP) is 2.58. The minimum absolute atomic E-state index is 0.0704. The lowest BCUT2D eigenvalue weighted by Gasteiger charge is -2.43. The number of carbonyl (C=O) groups excluding carboxylic acids is 2. The van der Waals surface area contributed by atoms with Gasteiger partial charge >= 0.3 is 6.03 Å². The molecule has 0 unspecified atom stereocenters. The van der Waals surface area contributed by atoms with Crippen molar-refractivity contribution in [1.29, 1.82) is 0 Å². The lowest BCUT2D eigenvalue weighted by Crippen LogP contribution is -2.54. The first-order valence-corrected chi connectivity index (χ1v) is 11.9. The van der Waals surface area contributed by atoms with E-state index < -0.39 is 6.61 Å².